The van der Waals surface area contributed by atoms with E-state index in [1.54, 1.807) is 0 Å². The lowest BCUT2D eigenvalue weighted by Crippen LogP contribution is -2.16. The second-order valence-electron chi connectivity index (χ2n) is 5.21. The van der Waals surface area contributed by atoms with Gasteiger partial charge in [0, 0.05) is 5.69 Å². The topological polar surface area (TPSA) is 38.3 Å². The molecule has 0 unspecified atom stereocenters. The lowest BCUT2D eigenvalue weighted by Gasteiger charge is -2.20. The molecular weight excluding hydrogens is 214 g/mol. The first-order chi connectivity index (χ1) is 7.84. The van der Waals surface area contributed by atoms with E-state index in [1.807, 2.05) is 13.0 Å². The first-order valence-electron chi connectivity index (χ1n) is 5.76. The van der Waals surface area contributed by atoms with Crippen molar-refractivity contribution < 1.29 is 9.53 Å². The summed E-state index contributed by atoms with van der Waals surface area (Å²) in [6, 6.07) is 6.26. The van der Waals surface area contributed by atoms with E-state index in [9.17, 15) is 4.79 Å². The number of anilines is 1. The van der Waals surface area contributed by atoms with E-state index in [2.05, 4.69) is 43.0 Å². The lowest BCUT2D eigenvalue weighted by atomic mass is 9.86. The van der Waals surface area contributed by atoms with E-state index in [0.29, 0.717) is 0 Å². The highest BCUT2D eigenvalue weighted by Crippen LogP contribution is 2.26. The van der Waals surface area contributed by atoms with Gasteiger partial charge in [-0.05, 0) is 29.5 Å². The molecule has 0 fully saturated rings. The number of carbonyl (C=O) groups excluding carboxylic acids is 1. The molecule has 3 heteroatoms. The van der Waals surface area contributed by atoms with Crippen LogP contribution in [-0.2, 0) is 14.9 Å². The minimum atomic E-state index is -0.260. The van der Waals surface area contributed by atoms with Crippen LogP contribution in [0.5, 0.6) is 0 Å². The average molecular weight is 235 g/mol. The Labute approximate surface area is 103 Å². The van der Waals surface area contributed by atoms with Gasteiger partial charge in [0.15, 0.2) is 0 Å². The number of carbonyl (C=O) groups is 1. The summed E-state index contributed by atoms with van der Waals surface area (Å²) in [5.41, 5.74) is 3.55. The highest BCUT2D eigenvalue weighted by Gasteiger charge is 2.14. The highest BCUT2D eigenvalue weighted by molar-refractivity contribution is 5.75. The van der Waals surface area contributed by atoms with Gasteiger partial charge in [-0.3, -0.25) is 4.79 Å². The molecular formula is C14H21NO2. The quantitative estimate of drug-likeness (QED) is 0.819. The van der Waals surface area contributed by atoms with E-state index in [-0.39, 0.29) is 17.9 Å². The van der Waals surface area contributed by atoms with Crippen molar-refractivity contribution in [3.63, 3.8) is 0 Å². The molecule has 1 aromatic rings. The van der Waals surface area contributed by atoms with Gasteiger partial charge in [-0.25, -0.2) is 0 Å². The van der Waals surface area contributed by atoms with E-state index >= 15 is 0 Å². The molecule has 0 heterocycles. The Morgan fingerprint density at radius 2 is 2.00 bits per heavy atom. The molecule has 0 aliphatic carbocycles. The van der Waals surface area contributed by atoms with Crippen LogP contribution in [0.4, 0.5) is 5.69 Å². The summed E-state index contributed by atoms with van der Waals surface area (Å²) in [7, 11) is 1.39. The van der Waals surface area contributed by atoms with Crippen LogP contribution in [0.3, 0.4) is 0 Å². The maximum absolute atomic E-state index is 11.0. The zero-order valence-electron chi connectivity index (χ0n) is 11.3. The van der Waals surface area contributed by atoms with Gasteiger partial charge in [-0.2, -0.15) is 0 Å². The van der Waals surface area contributed by atoms with E-state index in [1.165, 1.54) is 12.7 Å². The fourth-order valence-corrected chi connectivity index (χ4v) is 1.57. The molecule has 0 aliphatic rings. The molecule has 0 aromatic heterocycles. The van der Waals surface area contributed by atoms with Gasteiger partial charge in [-0.1, -0.05) is 32.9 Å². The summed E-state index contributed by atoms with van der Waals surface area (Å²) in [4.78, 5) is 11.0. The van der Waals surface area contributed by atoms with Gasteiger partial charge in [0.25, 0.3) is 0 Å². The van der Waals surface area contributed by atoms with Gasteiger partial charge < -0.3 is 10.1 Å². The first-order valence-corrected chi connectivity index (χ1v) is 5.76. The molecule has 0 spiro atoms. The van der Waals surface area contributed by atoms with Gasteiger partial charge in [0.05, 0.1) is 7.11 Å². The van der Waals surface area contributed by atoms with Gasteiger partial charge in [-0.15, -0.1) is 0 Å². The normalized spacial score (nSPS) is 11.1. The third-order valence-electron chi connectivity index (χ3n) is 2.74. The largest absolute Gasteiger partial charge is 0.468 e. The number of benzene rings is 1. The average Bonchev–Trinajstić information content (AvgIpc) is 2.25. The predicted octanol–water partition coefficient (Wildman–Crippen LogP) is 2.88. The number of methoxy groups -OCH3 is 1. The second-order valence-corrected chi connectivity index (χ2v) is 5.21. The zero-order valence-corrected chi connectivity index (χ0v) is 11.3. The Balaban J connectivity index is 2.80. The summed E-state index contributed by atoms with van der Waals surface area (Å²) in [5, 5.41) is 3.07. The predicted molar refractivity (Wildman–Crippen MR) is 70.4 cm³/mol. The molecule has 0 aliphatic heterocycles. The number of aryl methyl sites for hydroxylation is 1. The van der Waals surface area contributed by atoms with Crippen molar-refractivity contribution in [1.29, 1.82) is 0 Å². The zero-order chi connectivity index (χ0) is 13.1. The Morgan fingerprint density at radius 3 is 2.47 bits per heavy atom. The Kier molecular flexibility index (Phi) is 4.16. The van der Waals surface area contributed by atoms with Crippen LogP contribution in [0.1, 0.15) is 31.9 Å². The molecule has 1 aromatic carbocycles. The molecule has 0 radical (unpaired) electrons. The third-order valence-corrected chi connectivity index (χ3v) is 2.74. The van der Waals surface area contributed by atoms with Crippen molar-refractivity contribution in [3.8, 4) is 0 Å². The van der Waals surface area contributed by atoms with E-state index < -0.39 is 0 Å². The van der Waals surface area contributed by atoms with E-state index in [4.69, 9.17) is 0 Å². The van der Waals surface area contributed by atoms with Gasteiger partial charge in [0.1, 0.15) is 6.54 Å². The number of hydrogen-bond donors (Lipinski definition) is 1. The lowest BCUT2D eigenvalue weighted by molar-refractivity contribution is -0.138. The standard InChI is InChI=1S/C14H21NO2/c1-10-8-11(14(2,3)4)6-7-12(10)15-9-13(16)17-5/h6-8,15H,9H2,1-5H3. The van der Waals surface area contributed by atoms with Crippen LogP contribution in [0, 0.1) is 6.92 Å². The SMILES string of the molecule is COC(=O)CNc1ccc(C(C)(C)C)cc1C. The molecule has 1 N–H and O–H groups in total. The minimum Gasteiger partial charge on any atom is -0.468 e. The number of nitrogens with one attached hydrogen (secondary N) is 1. The molecule has 0 atom stereocenters. The summed E-state index contributed by atoms with van der Waals surface area (Å²) >= 11 is 0. The maximum Gasteiger partial charge on any atom is 0.325 e. The van der Waals surface area contributed by atoms with Crippen molar-refractivity contribution >= 4 is 11.7 Å². The van der Waals surface area contributed by atoms with Crippen molar-refractivity contribution in [1.82, 2.24) is 0 Å². The minimum absolute atomic E-state index is 0.144. The smallest absolute Gasteiger partial charge is 0.325 e. The van der Waals surface area contributed by atoms with Crippen LogP contribution in [-0.4, -0.2) is 19.6 Å². The van der Waals surface area contributed by atoms with E-state index in [0.717, 1.165) is 11.3 Å². The van der Waals surface area contributed by atoms with Crippen molar-refractivity contribution in [3.05, 3.63) is 29.3 Å². The summed E-state index contributed by atoms with van der Waals surface area (Å²) in [5.74, 6) is -0.260. The molecule has 3 nitrogen and oxygen atoms in total. The fraction of sp³-hybridized carbons (Fsp3) is 0.500. The number of ether oxygens (including phenoxy) is 1. The Bertz CT molecular complexity index is 405. The Hall–Kier alpha value is -1.51. The van der Waals surface area contributed by atoms with Crippen LogP contribution in [0.2, 0.25) is 0 Å². The first kappa shape index (κ1) is 13.6. The summed E-state index contributed by atoms with van der Waals surface area (Å²) in [6.45, 7) is 8.79. The van der Waals surface area contributed by atoms with Crippen LogP contribution < -0.4 is 5.32 Å². The summed E-state index contributed by atoms with van der Waals surface area (Å²) < 4.78 is 4.59. The van der Waals surface area contributed by atoms with Crippen molar-refractivity contribution in [2.24, 2.45) is 0 Å². The van der Waals surface area contributed by atoms with Crippen LogP contribution >= 0.6 is 0 Å². The third kappa shape index (κ3) is 3.77. The van der Waals surface area contributed by atoms with Crippen LogP contribution in [0.15, 0.2) is 18.2 Å². The highest BCUT2D eigenvalue weighted by atomic mass is 16.5. The van der Waals surface area contributed by atoms with Gasteiger partial charge in [0.2, 0.25) is 0 Å². The van der Waals surface area contributed by atoms with Crippen molar-refractivity contribution in [2.45, 2.75) is 33.1 Å². The molecule has 17 heavy (non-hydrogen) atoms. The number of esters is 1. The molecule has 0 saturated carbocycles. The molecule has 0 bridgehead atoms. The van der Waals surface area contributed by atoms with Crippen molar-refractivity contribution in [2.75, 3.05) is 19.0 Å². The fourth-order valence-electron chi connectivity index (χ4n) is 1.57. The molecule has 0 saturated heterocycles. The van der Waals surface area contributed by atoms with Crippen LogP contribution in [0.25, 0.3) is 0 Å². The Morgan fingerprint density at radius 1 is 1.35 bits per heavy atom. The van der Waals surface area contributed by atoms with Gasteiger partial charge >= 0.3 is 5.97 Å². The number of hydrogen-bond acceptors (Lipinski definition) is 3. The summed E-state index contributed by atoms with van der Waals surface area (Å²) in [6.07, 6.45) is 0. The number of rotatable bonds is 3. The molecule has 1 rings (SSSR count). The monoisotopic (exact) mass is 235 g/mol. The molecule has 0 amide bonds. The molecule has 94 valence electrons. The maximum atomic E-state index is 11.0. The second kappa shape index (κ2) is 5.21.